The van der Waals surface area contributed by atoms with Crippen LogP contribution in [0.25, 0.3) is 5.78 Å². The summed E-state index contributed by atoms with van der Waals surface area (Å²) < 4.78 is 78.6. The summed E-state index contributed by atoms with van der Waals surface area (Å²) in [4.78, 5) is 35.7. The molecule has 2 fully saturated rings. The van der Waals surface area contributed by atoms with Crippen LogP contribution in [0.5, 0.6) is 0 Å². The molecule has 11 nitrogen and oxygen atoms in total. The summed E-state index contributed by atoms with van der Waals surface area (Å²) in [6.45, 7) is 12.1. The Morgan fingerprint density at radius 1 is 1.16 bits per heavy atom. The summed E-state index contributed by atoms with van der Waals surface area (Å²) in [5.74, 6) is -6.63. The molecule has 3 aromatic rings. The molecule has 2 amide bonds. The lowest BCUT2D eigenvalue weighted by atomic mass is 9.81. The van der Waals surface area contributed by atoms with Crippen molar-refractivity contribution in [3.63, 3.8) is 0 Å². The van der Waals surface area contributed by atoms with Gasteiger partial charge in [0.2, 0.25) is 11.8 Å². The Morgan fingerprint density at radius 2 is 1.86 bits per heavy atom. The Hall–Kier alpha value is -3.47. The quantitative estimate of drug-likeness (QED) is 0.195. The number of nitrogens with zero attached hydrogens (tertiary/aromatic N) is 6. The highest BCUT2D eigenvalue weighted by Crippen LogP contribution is 2.42. The normalized spacial score (nSPS) is 21.5. The molecule has 1 aliphatic heterocycles. The van der Waals surface area contributed by atoms with Crippen LogP contribution in [0.15, 0.2) is 18.5 Å². The van der Waals surface area contributed by atoms with Crippen LogP contribution in [0.2, 0.25) is 18.1 Å². The summed E-state index contributed by atoms with van der Waals surface area (Å²) in [5.41, 5.74) is 1.31. The summed E-state index contributed by atoms with van der Waals surface area (Å²) in [7, 11) is -2.32. The molecular formula is C32H45F5N8O3Si. The first-order valence-corrected chi connectivity index (χ1v) is 19.6. The number of rotatable bonds is 10. The fourth-order valence-corrected chi connectivity index (χ4v) is 7.10. The second-order valence-corrected chi connectivity index (χ2v) is 19.6. The number of aryl methyl sites for hydroxylation is 1. The van der Waals surface area contributed by atoms with E-state index in [1.54, 1.807) is 12.3 Å². The van der Waals surface area contributed by atoms with Crippen LogP contribution in [0.4, 0.5) is 22.0 Å². The molecule has 17 heteroatoms. The van der Waals surface area contributed by atoms with Crippen molar-refractivity contribution in [1.29, 1.82) is 0 Å². The van der Waals surface area contributed by atoms with Gasteiger partial charge in [0.25, 0.3) is 11.7 Å². The molecule has 1 aliphatic carbocycles. The number of hydrogen-bond acceptors (Lipinski definition) is 7. The van der Waals surface area contributed by atoms with E-state index >= 15 is 0 Å². The fraction of sp³-hybridized carbons (Fsp3) is 0.688. The predicted molar refractivity (Wildman–Crippen MR) is 172 cm³/mol. The maximum Gasteiger partial charge on any atom is 0.393 e. The van der Waals surface area contributed by atoms with E-state index in [9.17, 15) is 31.5 Å². The third-order valence-corrected chi connectivity index (χ3v) is 14.8. The Bertz CT molecular complexity index is 1660. The molecule has 3 aromatic heterocycles. The predicted octanol–water partition coefficient (Wildman–Crippen LogP) is 6.02. The van der Waals surface area contributed by atoms with E-state index in [1.807, 2.05) is 6.92 Å². The van der Waals surface area contributed by atoms with Crippen LogP contribution in [-0.2, 0) is 28.8 Å². The number of carbonyl (C=O) groups is 2. The fourth-order valence-electron chi connectivity index (χ4n) is 6.17. The number of piperidine rings is 1. The lowest BCUT2D eigenvalue weighted by Crippen LogP contribution is -2.47. The van der Waals surface area contributed by atoms with Crippen molar-refractivity contribution < 1.29 is 36.0 Å². The maximum atomic E-state index is 14.2. The van der Waals surface area contributed by atoms with Crippen molar-refractivity contribution in [2.45, 2.75) is 116 Å². The van der Waals surface area contributed by atoms with Gasteiger partial charge in [0.15, 0.2) is 8.32 Å². The molecule has 1 saturated heterocycles. The van der Waals surface area contributed by atoms with Gasteiger partial charge in [-0.15, -0.1) is 0 Å². The molecule has 270 valence electrons. The smallest absolute Gasteiger partial charge is 0.393 e. The molecule has 49 heavy (non-hydrogen) atoms. The van der Waals surface area contributed by atoms with Gasteiger partial charge < -0.3 is 15.1 Å². The van der Waals surface area contributed by atoms with E-state index in [1.165, 1.54) is 15.4 Å². The third-order valence-electron chi connectivity index (χ3n) is 10.3. The minimum Gasteiger partial charge on any atom is -0.411 e. The van der Waals surface area contributed by atoms with Gasteiger partial charge in [-0.3, -0.25) is 14.3 Å². The molecule has 0 bridgehead atoms. The van der Waals surface area contributed by atoms with Crippen LogP contribution in [-0.4, -0.2) is 68.1 Å². The van der Waals surface area contributed by atoms with E-state index < -0.39 is 56.7 Å². The van der Waals surface area contributed by atoms with Crippen LogP contribution in [0.1, 0.15) is 93.4 Å². The summed E-state index contributed by atoms with van der Waals surface area (Å²) in [6, 6.07) is 0.808. The van der Waals surface area contributed by atoms with Crippen LogP contribution < -0.4 is 10.6 Å². The first-order chi connectivity index (χ1) is 22.8. The average Bonchev–Trinajstić information content (AvgIpc) is 3.66. The van der Waals surface area contributed by atoms with E-state index in [0.717, 1.165) is 0 Å². The van der Waals surface area contributed by atoms with Crippen molar-refractivity contribution in [3.05, 3.63) is 41.2 Å². The SMILES string of the molecule is CCn1nccc1C(=O)N[C@H](c1cn2nc(C[C@H]3C[C@@H](C(F)(F)F)CNC3=O)c(CO[Si](C)(C)C(C)(C)C)nc2n1)C1CCC(F)(F)CC1. The molecule has 1 saturated carbocycles. The van der Waals surface area contributed by atoms with Crippen LogP contribution in [0, 0.1) is 17.8 Å². The number of fused-ring (bicyclic) bond motifs is 1. The first kappa shape index (κ1) is 36.8. The Kier molecular flexibility index (Phi) is 10.3. The van der Waals surface area contributed by atoms with Crippen molar-refractivity contribution in [2.75, 3.05) is 6.54 Å². The average molecular weight is 713 g/mol. The van der Waals surface area contributed by atoms with Gasteiger partial charge in [0, 0.05) is 44.5 Å². The first-order valence-electron chi connectivity index (χ1n) is 16.7. The summed E-state index contributed by atoms with van der Waals surface area (Å²) in [6.07, 6.45) is -2.27. The zero-order valence-electron chi connectivity index (χ0n) is 28.7. The highest BCUT2D eigenvalue weighted by Gasteiger charge is 2.45. The van der Waals surface area contributed by atoms with Gasteiger partial charge in [-0.05, 0) is 56.3 Å². The number of nitrogens with one attached hydrogen (secondary N) is 2. The minimum atomic E-state index is -4.47. The van der Waals surface area contributed by atoms with Crippen LogP contribution >= 0.6 is 0 Å². The van der Waals surface area contributed by atoms with E-state index in [0.29, 0.717) is 29.3 Å². The lowest BCUT2D eigenvalue weighted by molar-refractivity contribution is -0.183. The highest BCUT2D eigenvalue weighted by molar-refractivity contribution is 6.74. The number of amides is 2. The number of alkyl halides is 5. The molecule has 0 spiro atoms. The zero-order valence-corrected chi connectivity index (χ0v) is 29.7. The molecule has 3 atom stereocenters. The second-order valence-electron chi connectivity index (χ2n) is 14.8. The van der Waals surface area contributed by atoms with Gasteiger partial charge in [0.1, 0.15) is 5.69 Å². The van der Waals surface area contributed by atoms with E-state index in [2.05, 4.69) is 49.6 Å². The topological polar surface area (TPSA) is 128 Å². The largest absolute Gasteiger partial charge is 0.411 e. The minimum absolute atomic E-state index is 0.00738. The number of imidazole rings is 1. The summed E-state index contributed by atoms with van der Waals surface area (Å²) >= 11 is 0. The molecule has 2 N–H and O–H groups in total. The van der Waals surface area contributed by atoms with Crippen LogP contribution in [0.3, 0.4) is 0 Å². The third kappa shape index (κ3) is 8.30. The van der Waals surface area contributed by atoms with Gasteiger partial charge in [-0.25, -0.2) is 23.3 Å². The van der Waals surface area contributed by atoms with Crippen molar-refractivity contribution in [3.8, 4) is 0 Å². The molecule has 4 heterocycles. The number of hydrogen-bond donors (Lipinski definition) is 2. The summed E-state index contributed by atoms with van der Waals surface area (Å²) in [5, 5.41) is 14.1. The molecule has 5 rings (SSSR count). The molecule has 0 radical (unpaired) electrons. The molecule has 0 aromatic carbocycles. The van der Waals surface area contributed by atoms with Gasteiger partial charge in [-0.2, -0.15) is 23.4 Å². The Morgan fingerprint density at radius 3 is 2.49 bits per heavy atom. The number of aromatic nitrogens is 6. The zero-order chi connectivity index (χ0) is 35.9. The molecule has 2 aliphatic rings. The lowest BCUT2D eigenvalue weighted by Gasteiger charge is -2.36. The number of carbonyl (C=O) groups excluding carboxylic acids is 2. The van der Waals surface area contributed by atoms with Crippen molar-refractivity contribution >= 4 is 25.9 Å². The van der Waals surface area contributed by atoms with E-state index in [-0.39, 0.29) is 61.9 Å². The standard InChI is InChI=1S/C32H45F5N8O3Si/c1-7-44-25(10-13-39-44)28(47)42-26(19-8-11-31(33,34)12-9-19)23-17-45-29(40-23)41-24(18-48-49(5,6)30(2,3)4)22(43-45)15-20-14-21(32(35,36)37)16-38-27(20)46/h10,13,17,19-21,26H,7-9,11-12,14-16,18H2,1-6H3,(H,38,46)(H,42,47)/t20-,21-,26+/m1/s1. The highest BCUT2D eigenvalue weighted by atomic mass is 28.4. The monoisotopic (exact) mass is 712 g/mol. The number of halogens is 5. The van der Waals surface area contributed by atoms with Gasteiger partial charge >= 0.3 is 6.18 Å². The Labute approximate surface area is 282 Å². The van der Waals surface area contributed by atoms with Gasteiger partial charge in [0.05, 0.1) is 41.8 Å². The molecule has 0 unspecified atom stereocenters. The molecular weight excluding hydrogens is 667 g/mol. The van der Waals surface area contributed by atoms with Crippen molar-refractivity contribution in [1.82, 2.24) is 40.0 Å². The van der Waals surface area contributed by atoms with Crippen molar-refractivity contribution in [2.24, 2.45) is 17.8 Å². The van der Waals surface area contributed by atoms with Gasteiger partial charge in [-0.1, -0.05) is 20.8 Å². The van der Waals surface area contributed by atoms with E-state index in [4.69, 9.17) is 19.5 Å². The maximum absolute atomic E-state index is 14.2. The Balaban J connectivity index is 1.52. The second kappa shape index (κ2) is 13.7.